The molecular weight excluding hydrogens is 368 g/mol. The Morgan fingerprint density at radius 3 is 2.41 bits per heavy atom. The topological polar surface area (TPSA) is 57.2 Å². The van der Waals surface area contributed by atoms with Gasteiger partial charge in [0.2, 0.25) is 0 Å². The number of hydrogen-bond donors (Lipinski definition) is 1. The van der Waals surface area contributed by atoms with Crippen LogP contribution in [0.15, 0.2) is 23.8 Å². The van der Waals surface area contributed by atoms with E-state index in [1.54, 1.807) is 21.3 Å². The quantitative estimate of drug-likeness (QED) is 0.538. The minimum Gasteiger partial charge on any atom is -0.389 e. The van der Waals surface area contributed by atoms with Crippen LogP contribution in [-0.2, 0) is 18.9 Å². The van der Waals surface area contributed by atoms with Crippen LogP contribution in [0, 0.1) is 17.8 Å². The molecule has 2 rings (SSSR count). The zero-order valence-corrected chi connectivity index (χ0v) is 19.4. The molecule has 29 heavy (non-hydrogen) atoms. The Kier molecular flexibility index (Phi) is 9.36. The first-order valence-electron chi connectivity index (χ1n) is 11.1. The van der Waals surface area contributed by atoms with Crippen LogP contribution >= 0.6 is 0 Å². The molecule has 0 amide bonds. The number of aliphatic hydroxyl groups is 1. The molecule has 0 radical (unpaired) electrons. The van der Waals surface area contributed by atoms with Crippen LogP contribution in [0.1, 0.15) is 59.8 Å². The van der Waals surface area contributed by atoms with Gasteiger partial charge < -0.3 is 24.1 Å². The fraction of sp³-hybridized carbons (Fsp3) is 0.833. The Hall–Kier alpha value is -0.720. The lowest BCUT2D eigenvalue weighted by molar-refractivity contribution is -0.205. The van der Waals surface area contributed by atoms with Crippen molar-refractivity contribution < 1.29 is 24.1 Å². The maximum absolute atomic E-state index is 11.0. The third-order valence-corrected chi connectivity index (χ3v) is 7.21. The highest BCUT2D eigenvalue weighted by atomic mass is 16.7. The summed E-state index contributed by atoms with van der Waals surface area (Å²) in [5.41, 5.74) is 0.501. The van der Waals surface area contributed by atoms with Crippen molar-refractivity contribution in [3.8, 4) is 0 Å². The van der Waals surface area contributed by atoms with Gasteiger partial charge in [0.1, 0.15) is 6.10 Å². The molecule has 2 fully saturated rings. The third kappa shape index (κ3) is 5.92. The van der Waals surface area contributed by atoms with Crippen LogP contribution in [-0.4, -0.2) is 56.6 Å². The van der Waals surface area contributed by atoms with Gasteiger partial charge in [-0.3, -0.25) is 0 Å². The first kappa shape index (κ1) is 24.5. The molecule has 1 saturated carbocycles. The number of hydrogen-bond acceptors (Lipinski definition) is 5. The van der Waals surface area contributed by atoms with Gasteiger partial charge in [0.05, 0.1) is 17.8 Å². The second kappa shape index (κ2) is 11.1. The fourth-order valence-corrected chi connectivity index (χ4v) is 4.88. The van der Waals surface area contributed by atoms with E-state index < -0.39 is 5.60 Å². The Bertz CT molecular complexity index is 547. The predicted octanol–water partition coefficient (Wildman–Crippen LogP) is 4.49. The van der Waals surface area contributed by atoms with Crippen LogP contribution in [0.3, 0.4) is 0 Å². The summed E-state index contributed by atoms with van der Waals surface area (Å²) in [7, 11) is 5.20. The van der Waals surface area contributed by atoms with Gasteiger partial charge in [0, 0.05) is 33.7 Å². The molecule has 1 aliphatic carbocycles. The van der Waals surface area contributed by atoms with Crippen LogP contribution in [0.25, 0.3) is 0 Å². The van der Waals surface area contributed by atoms with Gasteiger partial charge >= 0.3 is 0 Å². The first-order chi connectivity index (χ1) is 13.8. The third-order valence-electron chi connectivity index (χ3n) is 7.21. The highest BCUT2D eigenvalue weighted by Crippen LogP contribution is 2.48. The van der Waals surface area contributed by atoms with E-state index in [9.17, 15) is 5.11 Å². The normalized spacial score (nSPS) is 36.6. The largest absolute Gasteiger partial charge is 0.389 e. The average molecular weight is 411 g/mol. The Morgan fingerprint density at radius 2 is 1.86 bits per heavy atom. The summed E-state index contributed by atoms with van der Waals surface area (Å²) in [5, 5.41) is 11.0. The van der Waals surface area contributed by atoms with Gasteiger partial charge in [0.25, 0.3) is 0 Å². The van der Waals surface area contributed by atoms with E-state index >= 15 is 0 Å². The van der Waals surface area contributed by atoms with Gasteiger partial charge in [-0.15, -0.1) is 0 Å². The summed E-state index contributed by atoms with van der Waals surface area (Å²) in [4.78, 5) is 0. The minimum atomic E-state index is -0.610. The van der Waals surface area contributed by atoms with E-state index in [2.05, 4.69) is 39.8 Å². The van der Waals surface area contributed by atoms with Gasteiger partial charge in [-0.1, -0.05) is 39.0 Å². The van der Waals surface area contributed by atoms with E-state index in [4.69, 9.17) is 18.9 Å². The maximum Gasteiger partial charge on any atom is 0.158 e. The molecule has 1 aliphatic heterocycles. The molecule has 1 N–H and O–H groups in total. The smallest absolute Gasteiger partial charge is 0.158 e. The van der Waals surface area contributed by atoms with Gasteiger partial charge in [0.15, 0.2) is 6.29 Å². The lowest BCUT2D eigenvalue weighted by Gasteiger charge is -2.50. The van der Waals surface area contributed by atoms with E-state index in [1.165, 1.54) is 0 Å². The molecule has 0 unspecified atom stereocenters. The van der Waals surface area contributed by atoms with Crippen molar-refractivity contribution in [1.82, 2.24) is 0 Å². The number of allylic oxidation sites excluding steroid dienone is 2. The average Bonchev–Trinajstić information content (AvgIpc) is 2.71. The SMILES string of the molecule is CC[C@H](OC)[C@@H](C)C1CC(O)([C@@H](C)/C=C/C=C(\C)[C@@H]2O[C@H](OC)CC[C@@H]2OC)C1. The number of ether oxygens (including phenoxy) is 4. The van der Waals surface area contributed by atoms with E-state index in [0.717, 1.165) is 37.7 Å². The molecule has 2 aliphatic rings. The summed E-state index contributed by atoms with van der Waals surface area (Å²) in [6.07, 6.45) is 10.8. The van der Waals surface area contributed by atoms with Crippen LogP contribution in [0.4, 0.5) is 0 Å². The summed E-state index contributed by atoms with van der Waals surface area (Å²) >= 11 is 0. The molecule has 0 aromatic heterocycles. The fourth-order valence-electron chi connectivity index (χ4n) is 4.88. The lowest BCUT2D eigenvalue weighted by atomic mass is 9.60. The van der Waals surface area contributed by atoms with E-state index in [1.807, 2.05) is 6.08 Å². The second-order valence-electron chi connectivity index (χ2n) is 8.97. The predicted molar refractivity (Wildman–Crippen MR) is 116 cm³/mol. The lowest BCUT2D eigenvalue weighted by Crippen LogP contribution is -2.52. The van der Waals surface area contributed by atoms with Crippen molar-refractivity contribution in [1.29, 1.82) is 0 Å². The molecule has 1 heterocycles. The zero-order valence-electron chi connectivity index (χ0n) is 19.4. The highest BCUT2D eigenvalue weighted by molar-refractivity contribution is 5.18. The summed E-state index contributed by atoms with van der Waals surface area (Å²) in [5.74, 6) is 1.11. The minimum absolute atomic E-state index is 0.0498. The maximum atomic E-state index is 11.0. The van der Waals surface area contributed by atoms with E-state index in [0.29, 0.717) is 11.8 Å². The molecule has 5 heteroatoms. The molecular formula is C24H42O5. The highest BCUT2D eigenvalue weighted by Gasteiger charge is 2.48. The van der Waals surface area contributed by atoms with Gasteiger partial charge in [-0.05, 0) is 50.0 Å². The molecule has 0 bridgehead atoms. The zero-order chi connectivity index (χ0) is 21.6. The molecule has 0 aromatic carbocycles. The van der Waals surface area contributed by atoms with Crippen LogP contribution in [0.2, 0.25) is 0 Å². The number of rotatable bonds is 10. The van der Waals surface area contributed by atoms with Crippen LogP contribution < -0.4 is 0 Å². The Labute approximate surface area is 177 Å². The van der Waals surface area contributed by atoms with Gasteiger partial charge in [-0.25, -0.2) is 0 Å². The second-order valence-corrected chi connectivity index (χ2v) is 8.97. The molecule has 0 spiro atoms. The van der Waals surface area contributed by atoms with Crippen molar-refractivity contribution >= 4 is 0 Å². The van der Waals surface area contributed by atoms with Crippen molar-refractivity contribution in [2.24, 2.45) is 17.8 Å². The van der Waals surface area contributed by atoms with Gasteiger partial charge in [-0.2, -0.15) is 0 Å². The summed E-state index contributed by atoms with van der Waals surface area (Å²) in [6, 6.07) is 0. The Morgan fingerprint density at radius 1 is 1.17 bits per heavy atom. The molecule has 1 saturated heterocycles. The van der Waals surface area contributed by atoms with Crippen molar-refractivity contribution in [2.45, 2.75) is 90.0 Å². The number of methoxy groups -OCH3 is 3. The Balaban J connectivity index is 1.92. The standard InChI is InChI=1S/C24H42O5/c1-8-20(26-5)18(4)19-14-24(25,15-19)17(3)11-9-10-16(2)23-21(27-6)12-13-22(28-7)29-23/h9-11,17-23,25H,8,12-15H2,1-7H3/b11-9+,16-10+/t17-,18-,19?,20-,21-,22-,23-,24?/m0/s1. The monoisotopic (exact) mass is 410 g/mol. The molecule has 168 valence electrons. The molecule has 6 atom stereocenters. The summed E-state index contributed by atoms with van der Waals surface area (Å²) in [6.45, 7) is 8.58. The van der Waals surface area contributed by atoms with Crippen molar-refractivity contribution in [3.05, 3.63) is 23.8 Å². The van der Waals surface area contributed by atoms with Crippen molar-refractivity contribution in [3.63, 3.8) is 0 Å². The van der Waals surface area contributed by atoms with Crippen LogP contribution in [0.5, 0.6) is 0 Å². The molecule has 5 nitrogen and oxygen atoms in total. The first-order valence-corrected chi connectivity index (χ1v) is 11.1. The van der Waals surface area contributed by atoms with Crippen molar-refractivity contribution in [2.75, 3.05) is 21.3 Å². The van der Waals surface area contributed by atoms with E-state index in [-0.39, 0.29) is 30.5 Å². The molecule has 0 aromatic rings. The summed E-state index contributed by atoms with van der Waals surface area (Å²) < 4.78 is 22.6.